The number of benzene rings is 2. The Kier molecular flexibility index (Phi) is 5.80. The number of amides is 1. The molecule has 3 aromatic rings. The molecule has 0 atom stereocenters. The quantitative estimate of drug-likeness (QED) is 0.715. The molecule has 0 saturated heterocycles. The molecule has 1 aromatic heterocycles. The second-order valence-electron chi connectivity index (χ2n) is 6.64. The summed E-state index contributed by atoms with van der Waals surface area (Å²) in [5.74, 6) is 0.125. The number of nitrogens with one attached hydrogen (secondary N) is 1. The molecule has 1 N–H and O–H groups in total. The van der Waals surface area contributed by atoms with Crippen LogP contribution in [0, 0.1) is 6.92 Å². The molecule has 0 saturated carbocycles. The predicted octanol–water partition coefficient (Wildman–Crippen LogP) is 3.58. The van der Waals surface area contributed by atoms with E-state index in [0.717, 1.165) is 5.69 Å². The van der Waals surface area contributed by atoms with Gasteiger partial charge in [-0.2, -0.15) is 0 Å². The van der Waals surface area contributed by atoms with Gasteiger partial charge in [0.1, 0.15) is 12.4 Å². The lowest BCUT2D eigenvalue weighted by atomic mass is 10.2. The van der Waals surface area contributed by atoms with E-state index in [2.05, 4.69) is 10.3 Å². The van der Waals surface area contributed by atoms with E-state index >= 15 is 0 Å². The minimum absolute atomic E-state index is 0.139. The summed E-state index contributed by atoms with van der Waals surface area (Å²) < 4.78 is 1.36. The Morgan fingerprint density at radius 3 is 2.36 bits per heavy atom. The van der Waals surface area contributed by atoms with Gasteiger partial charge in [0, 0.05) is 47.8 Å². The maximum Gasteiger partial charge on any atom is 0.254 e. The molecule has 0 spiro atoms. The molecule has 0 bridgehead atoms. The largest absolute Gasteiger partial charge is 0.378 e. The van der Waals surface area contributed by atoms with Crippen LogP contribution < -0.4 is 15.8 Å². The summed E-state index contributed by atoms with van der Waals surface area (Å²) in [6, 6.07) is 15.9. The first-order valence-electron chi connectivity index (χ1n) is 8.75. The number of hydrogen-bond acceptors (Lipinski definition) is 4. The van der Waals surface area contributed by atoms with E-state index in [1.165, 1.54) is 10.6 Å². The average Bonchev–Trinajstić information content (AvgIpc) is 2.65. The van der Waals surface area contributed by atoms with E-state index < -0.39 is 0 Å². The van der Waals surface area contributed by atoms with Gasteiger partial charge in [0.15, 0.2) is 0 Å². The average molecular weight is 397 g/mol. The minimum atomic E-state index is -0.305. The van der Waals surface area contributed by atoms with Crippen LogP contribution in [0.5, 0.6) is 0 Å². The summed E-state index contributed by atoms with van der Waals surface area (Å²) in [4.78, 5) is 31.5. The number of anilines is 2. The first kappa shape index (κ1) is 19.6. The molecule has 2 aromatic carbocycles. The maximum atomic E-state index is 12.5. The molecular weight excluding hydrogens is 376 g/mol. The standard InChI is InChI=1S/C21H21ClN4O2/c1-14-12-20(28)26(21(23-14)15-4-6-16(22)7-5-15)13-19(27)24-17-8-10-18(11-9-17)25(2)3/h4-12H,13H2,1-3H3,(H,24,27). The molecule has 144 valence electrons. The van der Waals surface area contributed by atoms with E-state index in [1.807, 2.05) is 43.3 Å². The van der Waals surface area contributed by atoms with Crippen molar-refractivity contribution in [1.29, 1.82) is 0 Å². The topological polar surface area (TPSA) is 67.2 Å². The maximum absolute atomic E-state index is 12.5. The Morgan fingerprint density at radius 1 is 1.11 bits per heavy atom. The third-order valence-electron chi connectivity index (χ3n) is 4.21. The summed E-state index contributed by atoms with van der Waals surface area (Å²) in [5, 5.41) is 3.41. The van der Waals surface area contributed by atoms with Crippen LogP contribution in [0.4, 0.5) is 11.4 Å². The molecule has 1 heterocycles. The van der Waals surface area contributed by atoms with E-state index in [9.17, 15) is 9.59 Å². The number of halogens is 1. The monoisotopic (exact) mass is 396 g/mol. The highest BCUT2D eigenvalue weighted by Gasteiger charge is 2.13. The van der Waals surface area contributed by atoms with Crippen LogP contribution in [-0.4, -0.2) is 29.6 Å². The molecule has 6 nitrogen and oxygen atoms in total. The molecule has 0 unspecified atom stereocenters. The molecule has 0 radical (unpaired) electrons. The minimum Gasteiger partial charge on any atom is -0.378 e. The van der Waals surface area contributed by atoms with Crippen molar-refractivity contribution in [1.82, 2.24) is 9.55 Å². The molecule has 0 aliphatic carbocycles. The first-order chi connectivity index (χ1) is 13.3. The van der Waals surface area contributed by atoms with E-state index in [4.69, 9.17) is 11.6 Å². The van der Waals surface area contributed by atoms with Gasteiger partial charge in [-0.25, -0.2) is 4.98 Å². The Hall–Kier alpha value is -3.12. The van der Waals surface area contributed by atoms with Crippen LogP contribution in [0.25, 0.3) is 11.4 Å². The number of nitrogens with zero attached hydrogens (tertiary/aromatic N) is 3. The summed E-state index contributed by atoms with van der Waals surface area (Å²) in [6.07, 6.45) is 0. The molecule has 7 heteroatoms. The normalized spacial score (nSPS) is 10.6. The lowest BCUT2D eigenvalue weighted by Gasteiger charge is -2.14. The third-order valence-corrected chi connectivity index (χ3v) is 4.46. The summed E-state index contributed by atoms with van der Waals surface area (Å²) in [5.41, 5.74) is 2.72. The highest BCUT2D eigenvalue weighted by molar-refractivity contribution is 6.30. The first-order valence-corrected chi connectivity index (χ1v) is 9.13. The van der Waals surface area contributed by atoms with Gasteiger partial charge in [-0.1, -0.05) is 11.6 Å². The Morgan fingerprint density at radius 2 is 1.75 bits per heavy atom. The number of aromatic nitrogens is 2. The van der Waals surface area contributed by atoms with Gasteiger partial charge in [0.2, 0.25) is 5.91 Å². The third kappa shape index (κ3) is 4.58. The zero-order valence-electron chi connectivity index (χ0n) is 15.9. The predicted molar refractivity (Wildman–Crippen MR) is 113 cm³/mol. The van der Waals surface area contributed by atoms with Gasteiger partial charge in [-0.3, -0.25) is 14.2 Å². The van der Waals surface area contributed by atoms with Gasteiger partial charge < -0.3 is 10.2 Å². The fourth-order valence-corrected chi connectivity index (χ4v) is 2.91. The van der Waals surface area contributed by atoms with Crippen LogP contribution in [-0.2, 0) is 11.3 Å². The van der Waals surface area contributed by atoms with Crippen molar-refractivity contribution >= 4 is 28.9 Å². The van der Waals surface area contributed by atoms with Gasteiger partial charge in [-0.05, 0) is 55.5 Å². The number of carbonyl (C=O) groups is 1. The van der Waals surface area contributed by atoms with Crippen molar-refractivity contribution in [2.45, 2.75) is 13.5 Å². The zero-order valence-corrected chi connectivity index (χ0v) is 16.7. The Balaban J connectivity index is 1.86. The number of rotatable bonds is 5. The molecule has 0 aliphatic rings. The van der Waals surface area contributed by atoms with Crippen molar-refractivity contribution in [3.05, 3.63) is 75.7 Å². The van der Waals surface area contributed by atoms with Gasteiger partial charge in [-0.15, -0.1) is 0 Å². The summed E-state index contributed by atoms with van der Waals surface area (Å²) in [6.45, 7) is 1.61. The van der Waals surface area contributed by atoms with E-state index in [-0.39, 0.29) is 18.0 Å². The molecule has 3 rings (SSSR count). The molecule has 0 fully saturated rings. The molecule has 0 aliphatic heterocycles. The van der Waals surface area contributed by atoms with Crippen LogP contribution in [0.15, 0.2) is 59.4 Å². The SMILES string of the molecule is Cc1cc(=O)n(CC(=O)Nc2ccc(N(C)C)cc2)c(-c2ccc(Cl)cc2)n1. The lowest BCUT2D eigenvalue weighted by Crippen LogP contribution is -2.29. The fraction of sp³-hybridized carbons (Fsp3) is 0.190. The van der Waals surface area contributed by atoms with Gasteiger partial charge in [0.05, 0.1) is 0 Å². The van der Waals surface area contributed by atoms with E-state index in [0.29, 0.717) is 27.8 Å². The Bertz CT molecular complexity index is 1040. The molecule has 1 amide bonds. The summed E-state index contributed by atoms with van der Waals surface area (Å²) >= 11 is 5.95. The van der Waals surface area contributed by atoms with Crippen LogP contribution >= 0.6 is 11.6 Å². The number of carbonyl (C=O) groups excluding carboxylic acids is 1. The number of hydrogen-bond donors (Lipinski definition) is 1. The van der Waals surface area contributed by atoms with Crippen LogP contribution in [0.2, 0.25) is 5.02 Å². The molecular formula is C21H21ClN4O2. The van der Waals surface area contributed by atoms with Crippen molar-refractivity contribution in [2.75, 3.05) is 24.3 Å². The van der Waals surface area contributed by atoms with Crippen molar-refractivity contribution in [3.63, 3.8) is 0 Å². The van der Waals surface area contributed by atoms with Crippen LogP contribution in [0.1, 0.15) is 5.69 Å². The Labute approximate surface area is 168 Å². The zero-order chi connectivity index (χ0) is 20.3. The fourth-order valence-electron chi connectivity index (χ4n) is 2.78. The second kappa shape index (κ2) is 8.27. The second-order valence-corrected chi connectivity index (χ2v) is 7.08. The van der Waals surface area contributed by atoms with Crippen LogP contribution in [0.3, 0.4) is 0 Å². The summed E-state index contributed by atoms with van der Waals surface area (Å²) in [7, 11) is 3.89. The van der Waals surface area contributed by atoms with Crippen molar-refractivity contribution < 1.29 is 4.79 Å². The van der Waals surface area contributed by atoms with Gasteiger partial charge in [0.25, 0.3) is 5.56 Å². The smallest absolute Gasteiger partial charge is 0.254 e. The lowest BCUT2D eigenvalue weighted by molar-refractivity contribution is -0.116. The number of aryl methyl sites for hydroxylation is 1. The van der Waals surface area contributed by atoms with Crippen molar-refractivity contribution in [2.24, 2.45) is 0 Å². The van der Waals surface area contributed by atoms with Crippen molar-refractivity contribution in [3.8, 4) is 11.4 Å². The van der Waals surface area contributed by atoms with Gasteiger partial charge >= 0.3 is 0 Å². The van der Waals surface area contributed by atoms with E-state index in [1.54, 1.807) is 31.2 Å². The highest BCUT2D eigenvalue weighted by atomic mass is 35.5. The highest BCUT2D eigenvalue weighted by Crippen LogP contribution is 2.20. The molecule has 28 heavy (non-hydrogen) atoms.